The van der Waals surface area contributed by atoms with Crippen LogP contribution in [0.4, 0.5) is 17.6 Å². The smallest absolute Gasteiger partial charge is 0.856 e. The van der Waals surface area contributed by atoms with Gasteiger partial charge < -0.3 is 14.4 Å². The molecule has 3 heterocycles. The monoisotopic (exact) mass is 417 g/mol. The van der Waals surface area contributed by atoms with E-state index in [1.807, 2.05) is 0 Å². The van der Waals surface area contributed by atoms with Gasteiger partial charge in [-0.3, -0.25) is 4.98 Å². The number of ether oxygens (including phenoxy) is 1. The first-order chi connectivity index (χ1) is 13.3. The van der Waals surface area contributed by atoms with Crippen LogP contribution in [0.1, 0.15) is 30.0 Å². The molecule has 1 saturated carbocycles. The molecule has 0 aromatic carbocycles. The summed E-state index contributed by atoms with van der Waals surface area (Å²) >= 11 is 0. The molecule has 0 unspecified atom stereocenters. The van der Waals surface area contributed by atoms with Crippen LogP contribution in [0.3, 0.4) is 0 Å². The van der Waals surface area contributed by atoms with Gasteiger partial charge in [-0.15, -0.1) is 0 Å². The Morgan fingerprint density at radius 3 is 2.41 bits per heavy atom. The average molecular weight is 417 g/mol. The standard InChI is InChI=1S/C18H13F4N3O3.Na/c19-13-5-11(18(20,21)22)8-24-17(13)10-3-12(4-10)27-16-2-1-9(7-23-16)14-6-15(26)25-28-14;/h1-2,5-8,10,12H,3-4H2,(H,25,26);/q;+1/p-1. The topological polar surface area (TPSA) is 84.1 Å². The first-order valence-electron chi connectivity index (χ1n) is 8.29. The van der Waals surface area contributed by atoms with Gasteiger partial charge in [0.25, 0.3) is 0 Å². The van der Waals surface area contributed by atoms with Gasteiger partial charge in [-0.05, 0) is 31.0 Å². The second kappa shape index (κ2) is 8.29. The second-order valence-corrected chi connectivity index (χ2v) is 6.41. The fourth-order valence-electron chi connectivity index (χ4n) is 2.95. The van der Waals surface area contributed by atoms with E-state index < -0.39 is 23.4 Å². The third-order valence-corrected chi connectivity index (χ3v) is 4.48. The summed E-state index contributed by atoms with van der Waals surface area (Å²) in [6.45, 7) is 0. The van der Waals surface area contributed by atoms with E-state index in [1.165, 1.54) is 12.3 Å². The zero-order chi connectivity index (χ0) is 19.9. The Kier molecular flexibility index (Phi) is 6.16. The van der Waals surface area contributed by atoms with Gasteiger partial charge in [0.05, 0.1) is 11.3 Å². The quantitative estimate of drug-likeness (QED) is 0.459. The summed E-state index contributed by atoms with van der Waals surface area (Å²) in [5.41, 5.74) is -0.541. The molecule has 0 saturated heterocycles. The Morgan fingerprint density at radius 2 is 1.86 bits per heavy atom. The van der Waals surface area contributed by atoms with Crippen molar-refractivity contribution in [1.29, 1.82) is 0 Å². The van der Waals surface area contributed by atoms with Crippen LogP contribution in [0.2, 0.25) is 0 Å². The number of hydrogen-bond donors (Lipinski definition) is 0. The fraction of sp³-hybridized carbons (Fsp3) is 0.278. The van der Waals surface area contributed by atoms with Crippen molar-refractivity contribution in [2.45, 2.75) is 31.0 Å². The summed E-state index contributed by atoms with van der Waals surface area (Å²) < 4.78 is 62.2. The largest absolute Gasteiger partial charge is 1.00 e. The van der Waals surface area contributed by atoms with Crippen LogP contribution in [-0.2, 0) is 6.18 Å². The normalized spacial score (nSPS) is 18.6. The van der Waals surface area contributed by atoms with Crippen LogP contribution >= 0.6 is 0 Å². The van der Waals surface area contributed by atoms with Crippen molar-refractivity contribution in [2.75, 3.05) is 0 Å². The van der Waals surface area contributed by atoms with Crippen molar-refractivity contribution in [3.63, 3.8) is 0 Å². The number of rotatable bonds is 4. The molecule has 0 radical (unpaired) electrons. The maximum atomic E-state index is 14.0. The molecule has 29 heavy (non-hydrogen) atoms. The van der Waals surface area contributed by atoms with Crippen molar-refractivity contribution in [2.24, 2.45) is 0 Å². The molecule has 0 amide bonds. The van der Waals surface area contributed by atoms with Crippen LogP contribution in [0.5, 0.6) is 11.8 Å². The molecule has 1 fully saturated rings. The predicted octanol–water partition coefficient (Wildman–Crippen LogP) is 0.692. The van der Waals surface area contributed by atoms with Gasteiger partial charge in [-0.25, -0.2) is 9.37 Å². The van der Waals surface area contributed by atoms with Crippen LogP contribution in [0.15, 0.2) is 41.2 Å². The molecular weight excluding hydrogens is 405 g/mol. The molecule has 0 spiro atoms. The summed E-state index contributed by atoms with van der Waals surface area (Å²) in [6.07, 6.45) is -1.94. The maximum absolute atomic E-state index is 14.0. The first-order valence-corrected chi connectivity index (χ1v) is 8.29. The Labute approximate surface area is 184 Å². The molecule has 1 aliphatic carbocycles. The van der Waals surface area contributed by atoms with Gasteiger partial charge in [0, 0.05) is 35.8 Å². The zero-order valence-corrected chi connectivity index (χ0v) is 17.1. The van der Waals surface area contributed by atoms with Crippen molar-refractivity contribution < 1.29 is 61.5 Å². The minimum absolute atomic E-state index is 0. The first kappa shape index (κ1) is 21.5. The Bertz CT molecular complexity index is 989. The number of nitrogens with zero attached hydrogens (tertiary/aromatic N) is 3. The van der Waals surface area contributed by atoms with E-state index >= 15 is 0 Å². The predicted molar refractivity (Wildman–Crippen MR) is 84.8 cm³/mol. The van der Waals surface area contributed by atoms with Crippen molar-refractivity contribution in [3.8, 4) is 23.1 Å². The molecular formula is C18H12F4N3NaO3. The van der Waals surface area contributed by atoms with E-state index in [9.17, 15) is 22.7 Å². The van der Waals surface area contributed by atoms with Gasteiger partial charge >= 0.3 is 35.7 Å². The van der Waals surface area contributed by atoms with E-state index in [4.69, 9.17) is 9.26 Å². The third-order valence-electron chi connectivity index (χ3n) is 4.48. The third kappa shape index (κ3) is 4.71. The van der Waals surface area contributed by atoms with E-state index in [0.29, 0.717) is 36.5 Å². The van der Waals surface area contributed by atoms with E-state index in [-0.39, 0.29) is 53.0 Å². The van der Waals surface area contributed by atoms with E-state index in [2.05, 4.69) is 15.1 Å². The molecule has 0 bridgehead atoms. The molecule has 0 aliphatic heterocycles. The molecule has 3 aromatic rings. The van der Waals surface area contributed by atoms with E-state index in [1.54, 1.807) is 12.1 Å². The zero-order valence-electron chi connectivity index (χ0n) is 15.1. The number of aromatic nitrogens is 3. The fourth-order valence-corrected chi connectivity index (χ4v) is 2.95. The molecule has 1 aliphatic rings. The second-order valence-electron chi connectivity index (χ2n) is 6.41. The van der Waals surface area contributed by atoms with Crippen LogP contribution in [-0.4, -0.2) is 21.2 Å². The molecule has 0 atom stereocenters. The van der Waals surface area contributed by atoms with Gasteiger partial charge in [-0.1, -0.05) is 5.16 Å². The SMILES string of the molecule is [Na+].[O-]c1cc(-c2ccc(OC3CC(c4ncc(C(F)(F)F)cc4F)C3)nc2)on1. The van der Waals surface area contributed by atoms with Gasteiger partial charge in [0.1, 0.15) is 11.9 Å². The molecule has 0 N–H and O–H groups in total. The summed E-state index contributed by atoms with van der Waals surface area (Å²) in [4.78, 5) is 7.76. The summed E-state index contributed by atoms with van der Waals surface area (Å²) in [5.74, 6) is -1.15. The Balaban J connectivity index is 0.00000240. The molecule has 11 heteroatoms. The van der Waals surface area contributed by atoms with Crippen LogP contribution < -0.4 is 39.4 Å². The molecule has 6 nitrogen and oxygen atoms in total. The summed E-state index contributed by atoms with van der Waals surface area (Å²) in [5, 5.41) is 14.3. The molecule has 3 aromatic heterocycles. The van der Waals surface area contributed by atoms with Gasteiger partial charge in [0.15, 0.2) is 5.76 Å². The van der Waals surface area contributed by atoms with Crippen LogP contribution in [0, 0.1) is 5.82 Å². The van der Waals surface area contributed by atoms with Gasteiger partial charge in [0.2, 0.25) is 5.88 Å². The van der Waals surface area contributed by atoms with Crippen molar-refractivity contribution in [3.05, 3.63) is 53.7 Å². The molecule has 146 valence electrons. The van der Waals surface area contributed by atoms with Crippen molar-refractivity contribution in [1.82, 2.24) is 15.1 Å². The van der Waals surface area contributed by atoms with Gasteiger partial charge in [-0.2, -0.15) is 13.2 Å². The number of pyridine rings is 2. The number of hydrogen-bond acceptors (Lipinski definition) is 6. The van der Waals surface area contributed by atoms with Crippen molar-refractivity contribution >= 4 is 0 Å². The Hall–Kier alpha value is -2.17. The maximum Gasteiger partial charge on any atom is 1.00 e. The number of alkyl halides is 3. The molecule has 4 rings (SSSR count). The average Bonchev–Trinajstić information content (AvgIpc) is 3.04. The Morgan fingerprint density at radius 1 is 1.10 bits per heavy atom. The summed E-state index contributed by atoms with van der Waals surface area (Å²) in [6, 6.07) is 4.94. The minimum Gasteiger partial charge on any atom is -0.856 e. The summed E-state index contributed by atoms with van der Waals surface area (Å²) in [7, 11) is 0. The number of halogens is 4. The van der Waals surface area contributed by atoms with E-state index in [0.717, 1.165) is 0 Å². The van der Waals surface area contributed by atoms with Crippen LogP contribution in [0.25, 0.3) is 11.3 Å². The minimum atomic E-state index is -4.63.